The van der Waals surface area contributed by atoms with Crippen molar-refractivity contribution in [2.24, 2.45) is 0 Å². The SMILES string of the molecule is CCOc1ccccc1NC(=O)CN1CCc2cc(OC)c(OC)cc2C1c1cccs1. The lowest BCUT2D eigenvalue weighted by Gasteiger charge is -2.37. The van der Waals surface area contributed by atoms with E-state index in [1.807, 2.05) is 43.3 Å². The molecule has 32 heavy (non-hydrogen) atoms. The summed E-state index contributed by atoms with van der Waals surface area (Å²) >= 11 is 1.69. The lowest BCUT2D eigenvalue weighted by atomic mass is 9.91. The van der Waals surface area contributed by atoms with Gasteiger partial charge in [-0.05, 0) is 60.2 Å². The first-order chi connectivity index (χ1) is 15.6. The highest BCUT2D eigenvalue weighted by atomic mass is 32.1. The number of rotatable bonds is 8. The minimum Gasteiger partial charge on any atom is -0.493 e. The van der Waals surface area contributed by atoms with Crippen LogP contribution in [0.3, 0.4) is 0 Å². The van der Waals surface area contributed by atoms with Gasteiger partial charge in [0.1, 0.15) is 5.75 Å². The van der Waals surface area contributed by atoms with E-state index >= 15 is 0 Å². The standard InChI is InChI=1S/C25H28N2O4S/c1-4-31-20-9-6-5-8-19(20)26-24(28)16-27-12-11-17-14-21(29-2)22(30-3)15-18(17)25(27)23-10-7-13-32-23/h5-10,13-15,25H,4,11-12,16H2,1-3H3,(H,26,28). The smallest absolute Gasteiger partial charge is 0.238 e. The number of hydrogen-bond acceptors (Lipinski definition) is 6. The lowest BCUT2D eigenvalue weighted by molar-refractivity contribution is -0.117. The summed E-state index contributed by atoms with van der Waals surface area (Å²) < 4.78 is 16.7. The number of anilines is 1. The van der Waals surface area contributed by atoms with E-state index in [-0.39, 0.29) is 18.5 Å². The average molecular weight is 453 g/mol. The molecular weight excluding hydrogens is 424 g/mol. The highest BCUT2D eigenvalue weighted by Crippen LogP contribution is 2.42. The Labute approximate surface area is 192 Å². The first-order valence-electron chi connectivity index (χ1n) is 10.7. The number of carbonyl (C=O) groups excluding carboxylic acids is 1. The molecule has 0 radical (unpaired) electrons. The molecule has 168 valence electrons. The zero-order chi connectivity index (χ0) is 22.5. The minimum absolute atomic E-state index is 0.0218. The fourth-order valence-electron chi connectivity index (χ4n) is 4.17. The predicted molar refractivity (Wildman–Crippen MR) is 127 cm³/mol. The molecule has 2 aromatic carbocycles. The Balaban J connectivity index is 1.61. The van der Waals surface area contributed by atoms with Crippen molar-refractivity contribution in [3.8, 4) is 17.2 Å². The number of thiophene rings is 1. The molecule has 7 heteroatoms. The molecule has 1 aromatic heterocycles. The first kappa shape index (κ1) is 22.2. The number of ether oxygens (including phenoxy) is 3. The van der Waals surface area contributed by atoms with E-state index in [9.17, 15) is 4.79 Å². The predicted octanol–water partition coefficient (Wildman–Crippen LogP) is 4.75. The molecule has 1 aliphatic rings. The summed E-state index contributed by atoms with van der Waals surface area (Å²) in [4.78, 5) is 16.5. The summed E-state index contributed by atoms with van der Waals surface area (Å²) in [6.07, 6.45) is 0.834. The average Bonchev–Trinajstić information content (AvgIpc) is 3.34. The second-order valence-corrected chi connectivity index (χ2v) is 8.50. The second kappa shape index (κ2) is 10.1. The van der Waals surface area contributed by atoms with E-state index in [4.69, 9.17) is 14.2 Å². The molecular formula is C25H28N2O4S. The molecule has 1 unspecified atom stereocenters. The Bertz CT molecular complexity index is 1070. The Morgan fingerprint density at radius 3 is 2.59 bits per heavy atom. The second-order valence-electron chi connectivity index (χ2n) is 7.52. The highest BCUT2D eigenvalue weighted by Gasteiger charge is 2.32. The maximum Gasteiger partial charge on any atom is 0.238 e. The van der Waals surface area contributed by atoms with Crippen LogP contribution in [0.5, 0.6) is 17.2 Å². The van der Waals surface area contributed by atoms with Crippen molar-refractivity contribution >= 4 is 22.9 Å². The largest absolute Gasteiger partial charge is 0.493 e. The first-order valence-corrected chi connectivity index (χ1v) is 11.6. The van der Waals surface area contributed by atoms with Crippen LogP contribution in [0, 0.1) is 0 Å². The number of fused-ring (bicyclic) bond motifs is 1. The van der Waals surface area contributed by atoms with Crippen molar-refractivity contribution in [2.75, 3.05) is 39.2 Å². The summed E-state index contributed by atoms with van der Waals surface area (Å²) in [7, 11) is 3.30. The van der Waals surface area contributed by atoms with Crippen LogP contribution in [0.25, 0.3) is 0 Å². The summed E-state index contributed by atoms with van der Waals surface area (Å²) in [6, 6.07) is 15.8. The van der Waals surface area contributed by atoms with E-state index in [1.54, 1.807) is 25.6 Å². The molecule has 0 spiro atoms. The van der Waals surface area contributed by atoms with Gasteiger partial charge in [0.25, 0.3) is 0 Å². The maximum atomic E-state index is 13.0. The Hall–Kier alpha value is -3.03. The van der Waals surface area contributed by atoms with E-state index < -0.39 is 0 Å². The summed E-state index contributed by atoms with van der Waals surface area (Å²) in [5, 5.41) is 5.10. The summed E-state index contributed by atoms with van der Waals surface area (Å²) in [5.74, 6) is 2.04. The zero-order valence-electron chi connectivity index (χ0n) is 18.6. The third kappa shape index (κ3) is 4.59. The van der Waals surface area contributed by atoms with Gasteiger partial charge in [-0.1, -0.05) is 18.2 Å². The van der Waals surface area contributed by atoms with Crippen molar-refractivity contribution in [3.63, 3.8) is 0 Å². The van der Waals surface area contributed by atoms with Gasteiger partial charge >= 0.3 is 0 Å². The number of amides is 1. The molecule has 1 aliphatic heterocycles. The number of carbonyl (C=O) groups is 1. The number of methoxy groups -OCH3 is 2. The van der Waals surface area contributed by atoms with Crippen LogP contribution in [0.4, 0.5) is 5.69 Å². The molecule has 2 heterocycles. The number of para-hydroxylation sites is 2. The van der Waals surface area contributed by atoms with Gasteiger partial charge in [-0.25, -0.2) is 0 Å². The fraction of sp³-hybridized carbons (Fsp3) is 0.320. The zero-order valence-corrected chi connectivity index (χ0v) is 19.4. The van der Waals surface area contributed by atoms with Gasteiger partial charge in [-0.15, -0.1) is 11.3 Å². The van der Waals surface area contributed by atoms with E-state index in [0.29, 0.717) is 23.8 Å². The van der Waals surface area contributed by atoms with Gasteiger partial charge in [0.05, 0.1) is 39.1 Å². The molecule has 6 nitrogen and oxygen atoms in total. The van der Waals surface area contributed by atoms with E-state index in [0.717, 1.165) is 24.3 Å². The van der Waals surface area contributed by atoms with Gasteiger partial charge in [-0.2, -0.15) is 0 Å². The van der Waals surface area contributed by atoms with Crippen molar-refractivity contribution in [1.82, 2.24) is 4.90 Å². The Morgan fingerprint density at radius 2 is 1.88 bits per heavy atom. The summed E-state index contributed by atoms with van der Waals surface area (Å²) in [6.45, 7) is 3.52. The molecule has 1 atom stereocenters. The summed E-state index contributed by atoms with van der Waals surface area (Å²) in [5.41, 5.74) is 3.06. The number of nitrogens with one attached hydrogen (secondary N) is 1. The third-order valence-corrected chi connectivity index (χ3v) is 6.52. The van der Waals surface area contributed by atoms with Crippen LogP contribution in [-0.4, -0.2) is 44.7 Å². The monoisotopic (exact) mass is 452 g/mol. The number of nitrogens with zero attached hydrogens (tertiary/aromatic N) is 1. The van der Waals surface area contributed by atoms with Crippen molar-refractivity contribution in [3.05, 3.63) is 69.9 Å². The molecule has 1 amide bonds. The van der Waals surface area contributed by atoms with Crippen molar-refractivity contribution in [1.29, 1.82) is 0 Å². The van der Waals surface area contributed by atoms with Gasteiger partial charge in [0.15, 0.2) is 11.5 Å². The third-order valence-electron chi connectivity index (χ3n) is 5.59. The molecule has 0 fully saturated rings. The molecule has 0 bridgehead atoms. The molecule has 0 aliphatic carbocycles. The minimum atomic E-state index is -0.0670. The van der Waals surface area contributed by atoms with Crippen LogP contribution in [0.2, 0.25) is 0 Å². The van der Waals surface area contributed by atoms with E-state index in [1.165, 1.54) is 10.4 Å². The maximum absolute atomic E-state index is 13.0. The van der Waals surface area contributed by atoms with Crippen molar-refractivity contribution in [2.45, 2.75) is 19.4 Å². The lowest BCUT2D eigenvalue weighted by Crippen LogP contribution is -2.41. The van der Waals surface area contributed by atoms with Gasteiger partial charge in [-0.3, -0.25) is 9.69 Å². The molecule has 4 rings (SSSR count). The normalized spacial score (nSPS) is 15.7. The van der Waals surface area contributed by atoms with Crippen LogP contribution in [-0.2, 0) is 11.2 Å². The van der Waals surface area contributed by atoms with Crippen molar-refractivity contribution < 1.29 is 19.0 Å². The fourth-order valence-corrected chi connectivity index (χ4v) is 5.05. The van der Waals surface area contributed by atoms with Gasteiger partial charge in [0, 0.05) is 11.4 Å². The van der Waals surface area contributed by atoms with Gasteiger partial charge < -0.3 is 19.5 Å². The van der Waals surface area contributed by atoms with E-state index in [2.05, 4.69) is 27.7 Å². The van der Waals surface area contributed by atoms with Crippen LogP contribution >= 0.6 is 11.3 Å². The molecule has 0 saturated carbocycles. The van der Waals surface area contributed by atoms with Crippen LogP contribution in [0.1, 0.15) is 29.0 Å². The quantitative estimate of drug-likeness (QED) is 0.535. The Morgan fingerprint density at radius 1 is 1.09 bits per heavy atom. The number of hydrogen-bond donors (Lipinski definition) is 1. The van der Waals surface area contributed by atoms with Crippen LogP contribution in [0.15, 0.2) is 53.9 Å². The molecule has 0 saturated heterocycles. The van der Waals surface area contributed by atoms with Gasteiger partial charge in [0.2, 0.25) is 5.91 Å². The molecule has 1 N–H and O–H groups in total. The highest BCUT2D eigenvalue weighted by molar-refractivity contribution is 7.10. The molecule has 3 aromatic rings. The number of benzene rings is 2. The van der Waals surface area contributed by atoms with Crippen LogP contribution < -0.4 is 19.5 Å². The topological polar surface area (TPSA) is 60.0 Å². The Kier molecular flexibility index (Phi) is 6.97.